The molecule has 0 heterocycles. The Morgan fingerprint density at radius 1 is 0.636 bits per heavy atom. The molecule has 0 aromatic heterocycles. The van der Waals surface area contributed by atoms with E-state index < -0.39 is 0 Å². The molecule has 0 saturated carbocycles. The van der Waals surface area contributed by atoms with Gasteiger partial charge in [-0.3, -0.25) is 0 Å². The summed E-state index contributed by atoms with van der Waals surface area (Å²) in [4.78, 5) is 3.90. The van der Waals surface area contributed by atoms with Gasteiger partial charge in [0.05, 0.1) is 18.0 Å². The summed E-state index contributed by atoms with van der Waals surface area (Å²) in [5.74, 6) is 0.900. The molecule has 22 heavy (non-hydrogen) atoms. The van der Waals surface area contributed by atoms with Crippen LogP contribution in [0.15, 0.2) is 99.6 Å². The molecular weight excluding hydrogens is 356 g/mol. The summed E-state index contributed by atoms with van der Waals surface area (Å²) < 4.78 is 5.38. The van der Waals surface area contributed by atoms with Gasteiger partial charge in [0.25, 0.3) is 0 Å². The van der Waals surface area contributed by atoms with Crippen LogP contribution in [0.2, 0.25) is 0 Å². The Morgan fingerprint density at radius 3 is 1.64 bits per heavy atom. The molecule has 0 unspecified atom stereocenters. The fourth-order valence-corrected chi connectivity index (χ4v) is 4.37. The molecule has 3 aromatic carbocycles. The van der Waals surface area contributed by atoms with Crippen molar-refractivity contribution in [3.05, 3.63) is 84.9 Å². The van der Waals surface area contributed by atoms with Gasteiger partial charge in [0.2, 0.25) is 0 Å². The fraction of sp³-hybridized carbons (Fsp3) is 0.0526. The van der Waals surface area contributed by atoms with E-state index in [4.69, 9.17) is 4.74 Å². The number of methoxy groups -OCH3 is 1. The van der Waals surface area contributed by atoms with Crippen LogP contribution >= 0.6 is 0 Å². The molecular formula is C19H17BrOS. The van der Waals surface area contributed by atoms with E-state index in [1.165, 1.54) is 14.7 Å². The molecule has 3 heteroatoms. The predicted octanol–water partition coefficient (Wildman–Crippen LogP) is 1.79. The van der Waals surface area contributed by atoms with Crippen LogP contribution < -0.4 is 21.7 Å². The molecule has 0 aliphatic carbocycles. The van der Waals surface area contributed by atoms with E-state index in [-0.39, 0.29) is 27.9 Å². The molecule has 0 amide bonds. The van der Waals surface area contributed by atoms with Crippen molar-refractivity contribution in [1.29, 1.82) is 0 Å². The molecule has 0 atom stereocenters. The lowest BCUT2D eigenvalue weighted by molar-refractivity contribution is -0.00000446. The highest BCUT2D eigenvalue weighted by molar-refractivity contribution is 7.97. The molecule has 1 nitrogen and oxygen atoms in total. The Bertz CT molecular complexity index is 661. The van der Waals surface area contributed by atoms with E-state index in [1.807, 2.05) is 6.07 Å². The van der Waals surface area contributed by atoms with Gasteiger partial charge in [-0.25, -0.2) is 0 Å². The van der Waals surface area contributed by atoms with Gasteiger partial charge in [-0.1, -0.05) is 42.5 Å². The van der Waals surface area contributed by atoms with Gasteiger partial charge in [-0.05, 0) is 36.4 Å². The van der Waals surface area contributed by atoms with Crippen LogP contribution in [-0.4, -0.2) is 7.11 Å². The van der Waals surface area contributed by atoms with Gasteiger partial charge in [-0.2, -0.15) is 0 Å². The number of benzene rings is 3. The number of ether oxygens (including phenoxy) is 1. The van der Waals surface area contributed by atoms with Gasteiger partial charge < -0.3 is 21.7 Å². The first kappa shape index (κ1) is 16.7. The third-order valence-corrected chi connectivity index (χ3v) is 5.45. The number of halogens is 1. The first-order valence-electron chi connectivity index (χ1n) is 6.87. The van der Waals surface area contributed by atoms with Crippen LogP contribution in [0.5, 0.6) is 5.75 Å². The Labute approximate surface area is 145 Å². The van der Waals surface area contributed by atoms with Crippen molar-refractivity contribution in [3.8, 4) is 5.75 Å². The molecule has 0 aliphatic rings. The lowest BCUT2D eigenvalue weighted by Crippen LogP contribution is -3.00. The molecule has 112 valence electrons. The molecule has 0 bridgehead atoms. The van der Waals surface area contributed by atoms with Gasteiger partial charge in [0.15, 0.2) is 14.7 Å². The monoisotopic (exact) mass is 372 g/mol. The second kappa shape index (κ2) is 8.06. The Morgan fingerprint density at radius 2 is 1.14 bits per heavy atom. The summed E-state index contributed by atoms with van der Waals surface area (Å²) in [6, 6.07) is 29.6. The van der Waals surface area contributed by atoms with Crippen LogP contribution in [-0.2, 0) is 10.9 Å². The number of hydrogen-bond acceptors (Lipinski definition) is 1. The maximum atomic E-state index is 5.38. The van der Waals surface area contributed by atoms with E-state index in [0.29, 0.717) is 0 Å². The minimum absolute atomic E-state index is 0. The molecule has 0 radical (unpaired) electrons. The molecule has 0 saturated heterocycles. The van der Waals surface area contributed by atoms with Crippen LogP contribution in [0, 0.1) is 0 Å². The highest BCUT2D eigenvalue weighted by Crippen LogP contribution is 2.32. The van der Waals surface area contributed by atoms with Gasteiger partial charge in [-0.15, -0.1) is 0 Å². The van der Waals surface area contributed by atoms with Crippen molar-refractivity contribution in [2.75, 3.05) is 7.11 Å². The van der Waals surface area contributed by atoms with Crippen molar-refractivity contribution in [2.45, 2.75) is 14.7 Å². The molecule has 3 rings (SSSR count). The summed E-state index contributed by atoms with van der Waals surface area (Å²) in [5, 5.41) is 0. The van der Waals surface area contributed by atoms with Crippen molar-refractivity contribution < 1.29 is 21.7 Å². The van der Waals surface area contributed by atoms with E-state index in [0.717, 1.165) is 5.75 Å². The first-order valence-corrected chi connectivity index (χ1v) is 8.09. The SMILES string of the molecule is COc1cccc([S+](c2ccccc2)c2ccccc2)c1.[Br-]. The van der Waals surface area contributed by atoms with Gasteiger partial charge in [0.1, 0.15) is 5.75 Å². The summed E-state index contributed by atoms with van der Waals surface area (Å²) in [5.41, 5.74) is 0. The van der Waals surface area contributed by atoms with Crippen LogP contribution in [0.3, 0.4) is 0 Å². The molecule has 0 fully saturated rings. The molecule has 0 N–H and O–H groups in total. The maximum Gasteiger partial charge on any atom is 0.170 e. The lowest BCUT2D eigenvalue weighted by Gasteiger charge is -2.08. The minimum Gasteiger partial charge on any atom is -1.00 e. The van der Waals surface area contributed by atoms with Gasteiger partial charge >= 0.3 is 0 Å². The molecule has 0 aliphatic heterocycles. The van der Waals surface area contributed by atoms with E-state index in [1.54, 1.807) is 7.11 Å². The Hall–Kier alpha value is -1.71. The highest BCUT2D eigenvalue weighted by Gasteiger charge is 2.28. The zero-order chi connectivity index (χ0) is 14.5. The smallest absolute Gasteiger partial charge is 0.170 e. The second-order valence-electron chi connectivity index (χ2n) is 4.61. The third kappa shape index (κ3) is 3.73. The van der Waals surface area contributed by atoms with Crippen LogP contribution in [0.4, 0.5) is 0 Å². The molecule has 3 aromatic rings. The Kier molecular flexibility index (Phi) is 6.10. The topological polar surface area (TPSA) is 9.23 Å². The average molecular weight is 373 g/mol. The average Bonchev–Trinajstić information content (AvgIpc) is 2.57. The van der Waals surface area contributed by atoms with E-state index in [9.17, 15) is 0 Å². The quantitative estimate of drug-likeness (QED) is 0.634. The highest BCUT2D eigenvalue weighted by atomic mass is 79.9. The summed E-state index contributed by atoms with van der Waals surface area (Å²) >= 11 is 0. The first-order chi connectivity index (χ1) is 10.4. The fourth-order valence-electron chi connectivity index (χ4n) is 2.25. The minimum atomic E-state index is -0.107. The summed E-state index contributed by atoms with van der Waals surface area (Å²) in [6.07, 6.45) is 0. The standard InChI is InChI=1S/C19H17OS.BrH/c1-20-16-9-8-14-19(15-16)21(17-10-4-2-5-11-17)18-12-6-3-7-13-18;/h2-15H,1H3;1H/q+1;/p-1. The van der Waals surface area contributed by atoms with E-state index >= 15 is 0 Å². The molecule has 0 spiro atoms. The summed E-state index contributed by atoms with van der Waals surface area (Å²) in [7, 11) is 1.60. The second-order valence-corrected chi connectivity index (χ2v) is 6.64. The maximum absolute atomic E-state index is 5.38. The largest absolute Gasteiger partial charge is 1.00 e. The normalized spacial score (nSPS) is 10.1. The van der Waals surface area contributed by atoms with Crippen molar-refractivity contribution in [1.82, 2.24) is 0 Å². The lowest BCUT2D eigenvalue weighted by atomic mass is 10.3. The zero-order valence-corrected chi connectivity index (χ0v) is 14.7. The summed E-state index contributed by atoms with van der Waals surface area (Å²) in [6.45, 7) is 0. The van der Waals surface area contributed by atoms with E-state index in [2.05, 4.69) is 78.9 Å². The van der Waals surface area contributed by atoms with Crippen LogP contribution in [0.25, 0.3) is 0 Å². The Balaban J connectivity index is 0.00000176. The van der Waals surface area contributed by atoms with Gasteiger partial charge in [0, 0.05) is 6.07 Å². The van der Waals surface area contributed by atoms with Crippen LogP contribution in [0.1, 0.15) is 0 Å². The van der Waals surface area contributed by atoms with Crippen molar-refractivity contribution in [2.24, 2.45) is 0 Å². The number of hydrogen-bond donors (Lipinski definition) is 0. The van der Waals surface area contributed by atoms with Crippen molar-refractivity contribution in [3.63, 3.8) is 0 Å². The predicted molar refractivity (Wildman–Crippen MR) is 88.0 cm³/mol. The zero-order valence-electron chi connectivity index (χ0n) is 12.3. The van der Waals surface area contributed by atoms with Crippen molar-refractivity contribution >= 4 is 10.9 Å². The third-order valence-electron chi connectivity index (χ3n) is 3.23. The number of rotatable bonds is 4.